The SMILES string of the molecule is CNC(=O)C(C)N(Cc1ccc(Cl)cc1Cl)C(=O)CN(c1ccccc1Cl)S(=O)(=O)c1ccc(C)cc1. The maximum atomic E-state index is 13.7. The summed E-state index contributed by atoms with van der Waals surface area (Å²) in [5.41, 5.74) is 1.56. The number of carbonyl (C=O) groups is 2. The van der Waals surface area contributed by atoms with Crippen molar-refractivity contribution >= 4 is 62.3 Å². The van der Waals surface area contributed by atoms with Gasteiger partial charge >= 0.3 is 0 Å². The lowest BCUT2D eigenvalue weighted by Crippen LogP contribution is -2.50. The summed E-state index contributed by atoms with van der Waals surface area (Å²) in [6.07, 6.45) is 0. The van der Waals surface area contributed by atoms with Crippen LogP contribution < -0.4 is 9.62 Å². The number of nitrogens with one attached hydrogen (secondary N) is 1. The number of amides is 2. The summed E-state index contributed by atoms with van der Waals surface area (Å²) in [6, 6.07) is 16.5. The monoisotopic (exact) mass is 581 g/mol. The summed E-state index contributed by atoms with van der Waals surface area (Å²) in [6.45, 7) is 2.73. The molecule has 7 nitrogen and oxygen atoms in total. The van der Waals surface area contributed by atoms with Crippen LogP contribution in [0.1, 0.15) is 18.1 Å². The maximum absolute atomic E-state index is 13.7. The van der Waals surface area contributed by atoms with E-state index in [1.165, 1.54) is 42.3 Å². The van der Waals surface area contributed by atoms with Crippen molar-refractivity contribution in [1.82, 2.24) is 10.2 Å². The summed E-state index contributed by atoms with van der Waals surface area (Å²) in [5.74, 6) is -1.05. The second-order valence-electron chi connectivity index (χ2n) is 8.32. The standard InChI is InChI=1S/C26H26Cl3N3O4S/c1-17-8-12-21(13-9-17)37(35,36)32(24-7-5-4-6-22(24)28)16-25(33)31(18(2)26(34)30-3)15-19-10-11-20(27)14-23(19)29/h4-14,18H,15-16H2,1-3H3,(H,30,34). The molecule has 0 aliphatic carbocycles. The lowest BCUT2D eigenvalue weighted by Gasteiger charge is -2.32. The highest BCUT2D eigenvalue weighted by atomic mass is 35.5. The number of carbonyl (C=O) groups excluding carboxylic acids is 2. The van der Waals surface area contributed by atoms with Crippen molar-refractivity contribution in [3.05, 3.63) is 92.9 Å². The van der Waals surface area contributed by atoms with Gasteiger partial charge < -0.3 is 10.2 Å². The molecular weight excluding hydrogens is 557 g/mol. The first kappa shape index (κ1) is 28.8. The van der Waals surface area contributed by atoms with Gasteiger partial charge in [0.05, 0.1) is 15.6 Å². The lowest BCUT2D eigenvalue weighted by molar-refractivity contribution is -0.139. The Hall–Kier alpha value is -2.78. The molecule has 0 heterocycles. The number of aryl methyl sites for hydroxylation is 1. The van der Waals surface area contributed by atoms with Gasteiger partial charge in [-0.15, -0.1) is 0 Å². The van der Waals surface area contributed by atoms with E-state index >= 15 is 0 Å². The van der Waals surface area contributed by atoms with Crippen molar-refractivity contribution in [1.29, 1.82) is 0 Å². The number of hydrogen-bond donors (Lipinski definition) is 1. The van der Waals surface area contributed by atoms with Gasteiger partial charge in [0, 0.05) is 23.6 Å². The van der Waals surface area contributed by atoms with Crippen molar-refractivity contribution in [3.8, 4) is 0 Å². The van der Waals surface area contributed by atoms with Crippen LogP contribution in [0.2, 0.25) is 15.1 Å². The fourth-order valence-electron chi connectivity index (χ4n) is 3.63. The molecule has 1 atom stereocenters. The average Bonchev–Trinajstić information content (AvgIpc) is 2.86. The van der Waals surface area contributed by atoms with Crippen LogP contribution in [-0.2, 0) is 26.2 Å². The third-order valence-corrected chi connectivity index (χ3v) is 8.46. The first-order valence-corrected chi connectivity index (χ1v) is 13.8. The molecule has 0 aliphatic rings. The van der Waals surface area contributed by atoms with Crippen molar-refractivity contribution in [2.75, 3.05) is 17.9 Å². The van der Waals surface area contributed by atoms with Crippen molar-refractivity contribution in [2.24, 2.45) is 0 Å². The van der Waals surface area contributed by atoms with Crippen LogP contribution in [0.15, 0.2) is 71.6 Å². The summed E-state index contributed by atoms with van der Waals surface area (Å²) in [7, 11) is -2.75. The van der Waals surface area contributed by atoms with Crippen LogP contribution in [0.5, 0.6) is 0 Å². The minimum absolute atomic E-state index is 0.00235. The Balaban J connectivity index is 2.06. The van der Waals surface area contributed by atoms with Gasteiger partial charge in [-0.05, 0) is 55.8 Å². The Labute approximate surface area is 232 Å². The van der Waals surface area contributed by atoms with Crippen LogP contribution in [0, 0.1) is 6.92 Å². The second kappa shape index (κ2) is 12.2. The Morgan fingerprint density at radius 1 is 0.946 bits per heavy atom. The van der Waals surface area contributed by atoms with E-state index in [0.29, 0.717) is 15.6 Å². The Bertz CT molecular complexity index is 1400. The number of likely N-dealkylation sites (N-methyl/N-ethyl adjacent to an activating group) is 1. The molecule has 0 aliphatic heterocycles. The summed E-state index contributed by atoms with van der Waals surface area (Å²) in [5, 5.41) is 3.40. The van der Waals surface area contributed by atoms with E-state index in [1.54, 1.807) is 43.3 Å². The molecule has 0 saturated heterocycles. The van der Waals surface area contributed by atoms with E-state index < -0.39 is 34.4 Å². The molecular formula is C26H26Cl3N3O4S. The molecule has 2 amide bonds. The minimum atomic E-state index is -4.20. The zero-order chi connectivity index (χ0) is 27.3. The van der Waals surface area contributed by atoms with Crippen molar-refractivity contribution in [3.63, 3.8) is 0 Å². The smallest absolute Gasteiger partial charge is 0.264 e. The molecule has 0 bridgehead atoms. The molecule has 3 aromatic rings. The second-order valence-corrected chi connectivity index (χ2v) is 11.4. The number of para-hydroxylation sites is 1. The van der Waals surface area contributed by atoms with E-state index in [2.05, 4.69) is 5.32 Å². The fraction of sp³-hybridized carbons (Fsp3) is 0.231. The highest BCUT2D eigenvalue weighted by Crippen LogP contribution is 2.31. The summed E-state index contributed by atoms with van der Waals surface area (Å²) >= 11 is 18.7. The number of rotatable bonds is 9. The molecule has 1 unspecified atom stereocenters. The maximum Gasteiger partial charge on any atom is 0.264 e. The predicted molar refractivity (Wildman–Crippen MR) is 148 cm³/mol. The normalized spacial score (nSPS) is 12.1. The molecule has 0 spiro atoms. The largest absolute Gasteiger partial charge is 0.357 e. The number of hydrogen-bond acceptors (Lipinski definition) is 4. The molecule has 196 valence electrons. The molecule has 1 N–H and O–H groups in total. The van der Waals surface area contributed by atoms with E-state index in [-0.39, 0.29) is 22.2 Å². The van der Waals surface area contributed by atoms with Gasteiger partial charge in [0.15, 0.2) is 0 Å². The Kier molecular flexibility index (Phi) is 9.47. The highest BCUT2D eigenvalue weighted by Gasteiger charge is 2.33. The summed E-state index contributed by atoms with van der Waals surface area (Å²) in [4.78, 5) is 27.5. The minimum Gasteiger partial charge on any atom is -0.357 e. The van der Waals surface area contributed by atoms with Gasteiger partial charge in [-0.1, -0.05) is 70.7 Å². The topological polar surface area (TPSA) is 86.8 Å². The van der Waals surface area contributed by atoms with E-state index in [1.807, 2.05) is 6.92 Å². The lowest BCUT2D eigenvalue weighted by atomic mass is 10.1. The van der Waals surface area contributed by atoms with Crippen LogP contribution in [0.4, 0.5) is 5.69 Å². The van der Waals surface area contributed by atoms with Crippen LogP contribution >= 0.6 is 34.8 Å². The average molecular weight is 583 g/mol. The number of halogens is 3. The molecule has 3 aromatic carbocycles. The first-order chi connectivity index (χ1) is 17.4. The van der Waals surface area contributed by atoms with Gasteiger partial charge in [-0.25, -0.2) is 8.42 Å². The molecule has 11 heteroatoms. The van der Waals surface area contributed by atoms with Crippen LogP contribution in [-0.4, -0.2) is 44.8 Å². The van der Waals surface area contributed by atoms with E-state index in [9.17, 15) is 18.0 Å². The van der Waals surface area contributed by atoms with Crippen LogP contribution in [0.25, 0.3) is 0 Å². The third-order valence-electron chi connectivity index (χ3n) is 5.78. The Morgan fingerprint density at radius 2 is 1.59 bits per heavy atom. The van der Waals surface area contributed by atoms with Gasteiger partial charge in [-0.2, -0.15) is 0 Å². The van der Waals surface area contributed by atoms with E-state index in [0.717, 1.165) is 9.87 Å². The zero-order valence-electron chi connectivity index (χ0n) is 20.4. The first-order valence-electron chi connectivity index (χ1n) is 11.2. The molecule has 0 radical (unpaired) electrons. The number of anilines is 1. The molecule has 37 heavy (non-hydrogen) atoms. The summed E-state index contributed by atoms with van der Waals surface area (Å²) < 4.78 is 28.4. The Morgan fingerprint density at radius 3 is 2.19 bits per heavy atom. The van der Waals surface area contributed by atoms with Crippen LogP contribution in [0.3, 0.4) is 0 Å². The molecule has 0 fully saturated rings. The highest BCUT2D eigenvalue weighted by molar-refractivity contribution is 7.92. The van der Waals surface area contributed by atoms with Crippen molar-refractivity contribution < 1.29 is 18.0 Å². The molecule has 0 saturated carbocycles. The number of nitrogens with zero attached hydrogens (tertiary/aromatic N) is 2. The fourth-order valence-corrected chi connectivity index (χ4v) is 5.82. The molecule has 0 aromatic heterocycles. The van der Waals surface area contributed by atoms with Gasteiger partial charge in [0.1, 0.15) is 12.6 Å². The van der Waals surface area contributed by atoms with Gasteiger partial charge in [-0.3, -0.25) is 13.9 Å². The predicted octanol–water partition coefficient (Wildman–Crippen LogP) is 5.31. The number of sulfonamides is 1. The number of benzene rings is 3. The quantitative estimate of drug-likeness (QED) is 0.370. The molecule has 3 rings (SSSR count). The van der Waals surface area contributed by atoms with Crippen molar-refractivity contribution in [2.45, 2.75) is 31.3 Å². The third kappa shape index (κ3) is 6.76. The zero-order valence-corrected chi connectivity index (χ0v) is 23.5. The van der Waals surface area contributed by atoms with E-state index in [4.69, 9.17) is 34.8 Å². The van der Waals surface area contributed by atoms with Gasteiger partial charge in [0.25, 0.3) is 10.0 Å². The van der Waals surface area contributed by atoms with Gasteiger partial charge in [0.2, 0.25) is 11.8 Å².